The second-order valence-electron chi connectivity index (χ2n) is 6.44. The van der Waals surface area contributed by atoms with E-state index >= 15 is 0 Å². The van der Waals surface area contributed by atoms with E-state index in [1.54, 1.807) is 8.61 Å². The lowest BCUT2D eigenvalue weighted by atomic mass is 10.1. The molecule has 2 saturated heterocycles. The quantitative estimate of drug-likeness (QED) is 0.743. The smallest absolute Gasteiger partial charge is 0.282 e. The first-order valence-electron chi connectivity index (χ1n) is 8.66. The van der Waals surface area contributed by atoms with Crippen LogP contribution in [0.5, 0.6) is 0 Å². The van der Waals surface area contributed by atoms with E-state index in [0.29, 0.717) is 32.2 Å². The van der Waals surface area contributed by atoms with Crippen molar-refractivity contribution in [1.29, 1.82) is 0 Å². The van der Waals surface area contributed by atoms with Crippen LogP contribution in [0.1, 0.15) is 33.1 Å². The van der Waals surface area contributed by atoms with Crippen molar-refractivity contribution in [3.63, 3.8) is 0 Å². The molecular formula is C15H32N4O2S. The van der Waals surface area contributed by atoms with Gasteiger partial charge in [-0.1, -0.05) is 20.3 Å². The van der Waals surface area contributed by atoms with Crippen molar-refractivity contribution in [2.45, 2.75) is 39.2 Å². The average Bonchev–Trinajstić information content (AvgIpc) is 2.75. The molecule has 0 aromatic rings. The molecule has 6 nitrogen and oxygen atoms in total. The molecule has 0 radical (unpaired) electrons. The summed E-state index contributed by atoms with van der Waals surface area (Å²) in [4.78, 5) is 4.84. The number of nitrogens with zero attached hydrogens (tertiary/aromatic N) is 4. The van der Waals surface area contributed by atoms with Gasteiger partial charge in [0.2, 0.25) is 0 Å². The van der Waals surface area contributed by atoms with Gasteiger partial charge in [0, 0.05) is 58.4 Å². The molecule has 0 spiro atoms. The Morgan fingerprint density at radius 2 is 1.64 bits per heavy atom. The van der Waals surface area contributed by atoms with Crippen molar-refractivity contribution in [1.82, 2.24) is 18.4 Å². The van der Waals surface area contributed by atoms with Gasteiger partial charge in [-0.2, -0.15) is 17.0 Å². The lowest BCUT2D eigenvalue weighted by molar-refractivity contribution is 0.0996. The van der Waals surface area contributed by atoms with Gasteiger partial charge in [0.05, 0.1) is 0 Å². The summed E-state index contributed by atoms with van der Waals surface area (Å²) in [6.07, 6.45) is 3.22. The third kappa shape index (κ3) is 4.20. The van der Waals surface area contributed by atoms with E-state index in [2.05, 4.69) is 16.8 Å². The zero-order valence-corrected chi connectivity index (χ0v) is 15.2. The molecule has 0 bridgehead atoms. The van der Waals surface area contributed by atoms with Crippen LogP contribution in [-0.4, -0.2) is 92.3 Å². The molecule has 2 heterocycles. The zero-order valence-electron chi connectivity index (χ0n) is 14.4. The van der Waals surface area contributed by atoms with Crippen LogP contribution in [0, 0.1) is 0 Å². The van der Waals surface area contributed by atoms with Crippen molar-refractivity contribution in [2.24, 2.45) is 0 Å². The molecule has 2 rings (SSSR count). The Bertz CT molecular complexity index is 431. The topological polar surface area (TPSA) is 47.1 Å². The maximum Gasteiger partial charge on any atom is 0.282 e. The highest BCUT2D eigenvalue weighted by atomic mass is 32.2. The van der Waals surface area contributed by atoms with E-state index < -0.39 is 10.2 Å². The van der Waals surface area contributed by atoms with Crippen molar-refractivity contribution in [3.8, 4) is 0 Å². The molecule has 0 aromatic carbocycles. The molecule has 1 unspecified atom stereocenters. The summed E-state index contributed by atoms with van der Waals surface area (Å²) in [5.74, 6) is 0. The Morgan fingerprint density at radius 3 is 2.23 bits per heavy atom. The van der Waals surface area contributed by atoms with Crippen LogP contribution in [-0.2, 0) is 10.2 Å². The molecule has 22 heavy (non-hydrogen) atoms. The van der Waals surface area contributed by atoms with Crippen LogP contribution in [0.2, 0.25) is 0 Å². The average molecular weight is 333 g/mol. The molecule has 2 aliphatic rings. The normalized spacial score (nSPS) is 27.2. The monoisotopic (exact) mass is 332 g/mol. The first-order valence-corrected chi connectivity index (χ1v) is 10.1. The number of hydrogen-bond acceptors (Lipinski definition) is 4. The summed E-state index contributed by atoms with van der Waals surface area (Å²) in [5.41, 5.74) is 0. The number of piperazine rings is 1. The van der Waals surface area contributed by atoms with E-state index in [0.717, 1.165) is 45.4 Å². The third-order valence-electron chi connectivity index (χ3n) is 5.02. The summed E-state index contributed by atoms with van der Waals surface area (Å²) in [7, 11) is -1.15. The SMILES string of the molecule is CCN(CC)S(=O)(=O)N1CCCCC(N2CCN(C)CC2)C1. The Kier molecular flexibility index (Phi) is 6.64. The molecule has 2 aliphatic heterocycles. The Balaban J connectivity index is 2.06. The summed E-state index contributed by atoms with van der Waals surface area (Å²) >= 11 is 0. The van der Waals surface area contributed by atoms with Gasteiger partial charge in [-0.15, -0.1) is 0 Å². The minimum Gasteiger partial charge on any atom is -0.304 e. The van der Waals surface area contributed by atoms with Crippen molar-refractivity contribution in [2.75, 3.05) is 59.4 Å². The van der Waals surface area contributed by atoms with Crippen LogP contribution in [0.25, 0.3) is 0 Å². The third-order valence-corrected chi connectivity index (χ3v) is 7.17. The molecule has 130 valence electrons. The zero-order chi connectivity index (χ0) is 16.2. The van der Waals surface area contributed by atoms with Crippen LogP contribution in [0.15, 0.2) is 0 Å². The van der Waals surface area contributed by atoms with Crippen molar-refractivity contribution < 1.29 is 8.42 Å². The lowest BCUT2D eigenvalue weighted by Gasteiger charge is -2.39. The first-order chi connectivity index (χ1) is 10.5. The highest BCUT2D eigenvalue weighted by Gasteiger charge is 2.33. The fourth-order valence-corrected chi connectivity index (χ4v) is 5.19. The minimum absolute atomic E-state index is 0.376. The maximum atomic E-state index is 12.8. The number of rotatable bonds is 5. The second kappa shape index (κ2) is 8.06. The van der Waals surface area contributed by atoms with Gasteiger partial charge < -0.3 is 4.90 Å². The number of likely N-dealkylation sites (N-methyl/N-ethyl adjacent to an activating group) is 1. The summed E-state index contributed by atoms with van der Waals surface area (Å²) < 4.78 is 28.9. The molecule has 2 fully saturated rings. The highest BCUT2D eigenvalue weighted by molar-refractivity contribution is 7.86. The minimum atomic E-state index is -3.30. The lowest BCUT2D eigenvalue weighted by Crippen LogP contribution is -2.53. The van der Waals surface area contributed by atoms with Gasteiger partial charge in [-0.3, -0.25) is 4.90 Å². The van der Waals surface area contributed by atoms with Crippen LogP contribution >= 0.6 is 0 Å². The predicted octanol–water partition coefficient (Wildman–Crippen LogP) is 0.675. The second-order valence-corrected chi connectivity index (χ2v) is 8.37. The first kappa shape index (κ1) is 18.1. The maximum absolute atomic E-state index is 12.8. The van der Waals surface area contributed by atoms with Gasteiger partial charge in [0.1, 0.15) is 0 Å². The molecule has 0 aromatic heterocycles. The van der Waals surface area contributed by atoms with Crippen LogP contribution in [0.4, 0.5) is 0 Å². The fraction of sp³-hybridized carbons (Fsp3) is 1.00. The largest absolute Gasteiger partial charge is 0.304 e. The Labute approximate surface area is 136 Å². The van der Waals surface area contributed by atoms with Gasteiger partial charge >= 0.3 is 0 Å². The van der Waals surface area contributed by atoms with E-state index in [1.165, 1.54) is 0 Å². The van der Waals surface area contributed by atoms with E-state index in [4.69, 9.17) is 0 Å². The van der Waals surface area contributed by atoms with Gasteiger partial charge in [-0.05, 0) is 19.9 Å². The summed E-state index contributed by atoms with van der Waals surface area (Å²) in [5, 5.41) is 0. The van der Waals surface area contributed by atoms with Gasteiger partial charge in [0.15, 0.2) is 0 Å². The van der Waals surface area contributed by atoms with Crippen LogP contribution in [0.3, 0.4) is 0 Å². The molecule has 1 atom stereocenters. The standard InChI is InChI=1S/C15H32N4O2S/c1-4-18(5-2)22(20,21)19-9-7-6-8-15(14-19)17-12-10-16(3)11-13-17/h15H,4-14H2,1-3H3. The van der Waals surface area contributed by atoms with Crippen molar-refractivity contribution in [3.05, 3.63) is 0 Å². The molecular weight excluding hydrogens is 300 g/mol. The summed E-state index contributed by atoms with van der Waals surface area (Å²) in [6.45, 7) is 10.5. The van der Waals surface area contributed by atoms with Crippen LogP contribution < -0.4 is 0 Å². The van der Waals surface area contributed by atoms with E-state index in [9.17, 15) is 8.42 Å². The Morgan fingerprint density at radius 1 is 1.00 bits per heavy atom. The van der Waals surface area contributed by atoms with Gasteiger partial charge in [-0.25, -0.2) is 0 Å². The Hall–Kier alpha value is -0.210. The summed E-state index contributed by atoms with van der Waals surface area (Å²) in [6, 6.07) is 0.376. The number of hydrogen-bond donors (Lipinski definition) is 0. The van der Waals surface area contributed by atoms with E-state index in [1.807, 2.05) is 13.8 Å². The van der Waals surface area contributed by atoms with E-state index in [-0.39, 0.29) is 0 Å². The van der Waals surface area contributed by atoms with Crippen molar-refractivity contribution >= 4 is 10.2 Å². The highest BCUT2D eigenvalue weighted by Crippen LogP contribution is 2.21. The predicted molar refractivity (Wildman–Crippen MR) is 90.1 cm³/mol. The molecule has 0 N–H and O–H groups in total. The van der Waals surface area contributed by atoms with Gasteiger partial charge in [0.25, 0.3) is 10.2 Å². The molecule has 0 aliphatic carbocycles. The molecule has 0 amide bonds. The molecule has 7 heteroatoms. The fourth-order valence-electron chi connectivity index (χ4n) is 3.49. The molecule has 0 saturated carbocycles.